The van der Waals surface area contributed by atoms with Crippen molar-refractivity contribution >= 4 is 28.9 Å². The Balaban J connectivity index is 1.50. The lowest BCUT2D eigenvalue weighted by Gasteiger charge is -2.25. The van der Waals surface area contributed by atoms with Gasteiger partial charge in [0.25, 0.3) is 5.91 Å². The number of fused-ring (bicyclic) bond motifs is 1. The number of nitrogens with zero attached hydrogens (tertiary/aromatic N) is 6. The van der Waals surface area contributed by atoms with E-state index in [1.54, 1.807) is 6.20 Å². The number of imidazole rings is 1. The molecule has 0 spiro atoms. The van der Waals surface area contributed by atoms with Crippen molar-refractivity contribution in [3.63, 3.8) is 0 Å². The van der Waals surface area contributed by atoms with Crippen LogP contribution in [-0.4, -0.2) is 73.1 Å². The highest BCUT2D eigenvalue weighted by molar-refractivity contribution is 5.91. The highest BCUT2D eigenvalue weighted by Crippen LogP contribution is 2.14. The van der Waals surface area contributed by atoms with Gasteiger partial charge in [-0.1, -0.05) is 13.8 Å². The number of carbonyl (C=O) groups is 2. The van der Waals surface area contributed by atoms with Crippen LogP contribution < -0.4 is 20.9 Å². The van der Waals surface area contributed by atoms with Crippen LogP contribution in [0.5, 0.6) is 0 Å². The number of hydrogen-bond donors (Lipinski definition) is 5. The van der Waals surface area contributed by atoms with Crippen molar-refractivity contribution in [2.75, 3.05) is 31.1 Å². The Morgan fingerprint density at radius 1 is 1.19 bits per heavy atom. The van der Waals surface area contributed by atoms with Crippen LogP contribution in [0.1, 0.15) is 49.3 Å². The lowest BCUT2D eigenvalue weighted by Crippen LogP contribution is -2.44. The van der Waals surface area contributed by atoms with Crippen LogP contribution >= 0.6 is 0 Å². The molecule has 1 atom stereocenters. The topological polar surface area (TPSA) is 169 Å². The fourth-order valence-electron chi connectivity index (χ4n) is 3.30. The van der Waals surface area contributed by atoms with E-state index in [9.17, 15) is 9.59 Å². The second kappa shape index (κ2) is 9.68. The smallest absolute Gasteiger partial charge is 0.290 e. The molecule has 1 fully saturated rings. The number of carbonyl (C=O) groups excluding carboxylic acids is 2. The van der Waals surface area contributed by atoms with Crippen molar-refractivity contribution < 1.29 is 9.59 Å². The molecule has 0 aliphatic carbocycles. The van der Waals surface area contributed by atoms with Gasteiger partial charge in [-0.25, -0.2) is 15.0 Å². The third-order valence-corrected chi connectivity index (χ3v) is 5.07. The van der Waals surface area contributed by atoms with Crippen molar-refractivity contribution in [3.8, 4) is 0 Å². The number of aromatic nitrogens is 7. The minimum atomic E-state index is -0.899. The first-order valence-electron chi connectivity index (χ1n) is 10.6. The number of rotatable bonds is 8. The fraction of sp³-hybridized carbons (Fsp3) is 0.526. The molecule has 32 heavy (non-hydrogen) atoms. The summed E-state index contributed by atoms with van der Waals surface area (Å²) >= 11 is 0. The minimum absolute atomic E-state index is 0.0517. The van der Waals surface area contributed by atoms with Gasteiger partial charge in [0.2, 0.25) is 17.7 Å². The summed E-state index contributed by atoms with van der Waals surface area (Å²) in [7, 11) is 0. The average Bonchev–Trinajstić information content (AvgIpc) is 3.45. The van der Waals surface area contributed by atoms with Gasteiger partial charge in [-0.15, -0.1) is 5.10 Å². The molecule has 2 amide bonds. The van der Waals surface area contributed by atoms with Gasteiger partial charge in [0.05, 0.1) is 6.20 Å². The molecule has 3 aromatic heterocycles. The van der Waals surface area contributed by atoms with Crippen LogP contribution in [0, 0.1) is 5.92 Å². The molecule has 0 radical (unpaired) electrons. The second-order valence-corrected chi connectivity index (χ2v) is 8.01. The summed E-state index contributed by atoms with van der Waals surface area (Å²) in [5.41, 5.74) is 1.03. The molecule has 1 aliphatic heterocycles. The Hall–Kier alpha value is -3.61. The Bertz CT molecular complexity index is 1040. The van der Waals surface area contributed by atoms with Crippen molar-refractivity contribution in [2.24, 2.45) is 5.92 Å². The number of hydrogen-bond acceptors (Lipinski definition) is 9. The number of H-pyrrole nitrogens is 2. The molecule has 1 unspecified atom stereocenters. The average molecular weight is 442 g/mol. The minimum Gasteiger partial charge on any atom is -0.337 e. The molecule has 3 aromatic rings. The molecule has 13 heteroatoms. The quantitative estimate of drug-likeness (QED) is 0.299. The molecule has 1 aliphatic rings. The molecule has 4 rings (SSSR count). The normalized spacial score (nSPS) is 15.2. The molecule has 0 bridgehead atoms. The van der Waals surface area contributed by atoms with Gasteiger partial charge in [-0.05, 0) is 12.3 Å². The summed E-state index contributed by atoms with van der Waals surface area (Å²) in [4.78, 5) is 47.2. The second-order valence-electron chi connectivity index (χ2n) is 8.01. The predicted octanol–water partition coefficient (Wildman–Crippen LogP) is -0.138. The largest absolute Gasteiger partial charge is 0.337 e. The SMILES string of the molecule is CC(C)CCC(=O)NC(NC(=O)c1nc(N2CCNCC2)n[nH]1)c1nc2ncncc2[nH]1. The van der Waals surface area contributed by atoms with Crippen LogP contribution in [0.25, 0.3) is 11.2 Å². The zero-order valence-corrected chi connectivity index (χ0v) is 18.1. The molecule has 0 aromatic carbocycles. The number of piperazine rings is 1. The summed E-state index contributed by atoms with van der Waals surface area (Å²) in [5.74, 6) is 0.528. The predicted molar refractivity (Wildman–Crippen MR) is 116 cm³/mol. The summed E-state index contributed by atoms with van der Waals surface area (Å²) < 4.78 is 0. The van der Waals surface area contributed by atoms with Gasteiger partial charge in [0.15, 0.2) is 17.6 Å². The van der Waals surface area contributed by atoms with E-state index < -0.39 is 12.1 Å². The lowest BCUT2D eigenvalue weighted by atomic mass is 10.1. The Morgan fingerprint density at radius 3 is 2.75 bits per heavy atom. The zero-order valence-electron chi connectivity index (χ0n) is 18.1. The van der Waals surface area contributed by atoms with E-state index >= 15 is 0 Å². The summed E-state index contributed by atoms with van der Waals surface area (Å²) in [5, 5.41) is 15.7. The highest BCUT2D eigenvalue weighted by Gasteiger charge is 2.24. The lowest BCUT2D eigenvalue weighted by molar-refractivity contribution is -0.122. The number of aromatic amines is 2. The molecular formula is C19H27N11O2. The van der Waals surface area contributed by atoms with Crippen molar-refractivity contribution in [1.82, 2.24) is 51.1 Å². The van der Waals surface area contributed by atoms with E-state index in [1.807, 2.05) is 18.7 Å². The highest BCUT2D eigenvalue weighted by atomic mass is 16.2. The molecule has 170 valence electrons. The van der Waals surface area contributed by atoms with E-state index in [1.165, 1.54) is 6.33 Å². The number of amides is 2. The summed E-state index contributed by atoms with van der Waals surface area (Å²) in [6, 6.07) is 0. The molecule has 13 nitrogen and oxygen atoms in total. The van der Waals surface area contributed by atoms with Gasteiger partial charge in [-0.2, -0.15) is 4.98 Å². The van der Waals surface area contributed by atoms with Crippen LogP contribution in [0.15, 0.2) is 12.5 Å². The molecule has 4 heterocycles. The first-order valence-corrected chi connectivity index (χ1v) is 10.6. The van der Waals surface area contributed by atoms with Gasteiger partial charge >= 0.3 is 0 Å². The van der Waals surface area contributed by atoms with Crippen LogP contribution in [0.3, 0.4) is 0 Å². The monoisotopic (exact) mass is 441 g/mol. The standard InChI is InChI=1S/C19H27N11O2/c1-11(2)3-4-13(31)24-16(15-23-12-9-21-10-22-14(12)25-15)26-18(32)17-27-19(29-28-17)30-7-5-20-6-8-30/h9-11,16,20H,3-8H2,1-2H3,(H,24,31)(H,26,32)(H,27,28,29)(H,21,22,23,25). The Labute approximate surface area is 184 Å². The van der Waals surface area contributed by atoms with Gasteiger partial charge in [-0.3, -0.25) is 14.7 Å². The van der Waals surface area contributed by atoms with Crippen LogP contribution in [0.2, 0.25) is 0 Å². The zero-order chi connectivity index (χ0) is 22.5. The van der Waals surface area contributed by atoms with E-state index in [4.69, 9.17) is 0 Å². The van der Waals surface area contributed by atoms with E-state index in [0.717, 1.165) is 32.6 Å². The van der Waals surface area contributed by atoms with Gasteiger partial charge in [0, 0.05) is 32.6 Å². The van der Waals surface area contributed by atoms with Crippen LogP contribution in [0.4, 0.5) is 5.95 Å². The maximum atomic E-state index is 12.9. The van der Waals surface area contributed by atoms with E-state index in [-0.39, 0.29) is 11.7 Å². The van der Waals surface area contributed by atoms with E-state index in [0.29, 0.717) is 35.3 Å². The third kappa shape index (κ3) is 5.17. The van der Waals surface area contributed by atoms with Crippen molar-refractivity contribution in [3.05, 3.63) is 24.2 Å². The maximum absolute atomic E-state index is 12.9. The first-order chi connectivity index (χ1) is 15.5. The summed E-state index contributed by atoms with van der Waals surface area (Å²) in [6.45, 7) is 7.26. The molecule has 0 saturated carbocycles. The summed E-state index contributed by atoms with van der Waals surface area (Å²) in [6.07, 6.45) is 3.13. The number of anilines is 1. The van der Waals surface area contributed by atoms with Crippen LogP contribution in [-0.2, 0) is 4.79 Å². The molecule has 5 N–H and O–H groups in total. The number of nitrogens with one attached hydrogen (secondary N) is 5. The first kappa shape index (κ1) is 21.6. The fourth-order valence-corrected chi connectivity index (χ4v) is 3.30. The Kier molecular flexibility index (Phi) is 6.54. The van der Waals surface area contributed by atoms with Crippen molar-refractivity contribution in [1.29, 1.82) is 0 Å². The molecule has 1 saturated heterocycles. The van der Waals surface area contributed by atoms with Crippen molar-refractivity contribution in [2.45, 2.75) is 32.9 Å². The van der Waals surface area contributed by atoms with Gasteiger partial charge < -0.3 is 25.8 Å². The maximum Gasteiger partial charge on any atom is 0.290 e. The van der Waals surface area contributed by atoms with Gasteiger partial charge in [0.1, 0.15) is 11.8 Å². The third-order valence-electron chi connectivity index (χ3n) is 5.07. The Morgan fingerprint density at radius 2 is 2.00 bits per heavy atom. The van der Waals surface area contributed by atoms with E-state index in [2.05, 4.69) is 51.1 Å². The molecular weight excluding hydrogens is 414 g/mol.